The Balaban J connectivity index is 0.000000244. The third kappa shape index (κ3) is 5.61. The summed E-state index contributed by atoms with van der Waals surface area (Å²) in [4.78, 5) is 34.3. The van der Waals surface area contributed by atoms with Crippen LogP contribution in [0.25, 0.3) is 0 Å². The van der Waals surface area contributed by atoms with E-state index >= 15 is 0 Å². The van der Waals surface area contributed by atoms with Crippen LogP contribution in [0.3, 0.4) is 0 Å². The Kier molecular flexibility index (Phi) is 7.11. The van der Waals surface area contributed by atoms with Crippen LogP contribution in [0.5, 0.6) is 11.5 Å². The summed E-state index contributed by atoms with van der Waals surface area (Å²) < 4.78 is 11.0. The normalized spacial score (nSPS) is 24.8. The maximum atomic E-state index is 12.4. The molecule has 3 saturated heterocycles. The van der Waals surface area contributed by atoms with E-state index in [1.54, 1.807) is 6.07 Å². The molecule has 164 valence electrons. The highest BCUT2D eigenvalue weighted by atomic mass is 16.6. The molecule has 4 N–H and O–H groups in total. The van der Waals surface area contributed by atoms with Crippen LogP contribution in [0.1, 0.15) is 29.6 Å². The zero-order valence-corrected chi connectivity index (χ0v) is 16.5. The molecule has 4 aliphatic heterocycles. The molecule has 0 aliphatic carbocycles. The van der Waals surface area contributed by atoms with Gasteiger partial charge in [0.2, 0.25) is 0 Å². The first-order chi connectivity index (χ1) is 14.3. The molecule has 4 aliphatic rings. The Hall–Kier alpha value is -2.85. The number of nitrogens with zero attached hydrogens (tertiary/aromatic N) is 1. The summed E-state index contributed by atoms with van der Waals surface area (Å²) in [6.45, 7) is 4.46. The summed E-state index contributed by atoms with van der Waals surface area (Å²) in [5.74, 6) is -0.826. The monoisotopic (exact) mass is 422 g/mol. The van der Waals surface area contributed by atoms with Crippen molar-refractivity contribution in [3.63, 3.8) is 0 Å². The molecule has 0 spiro atoms. The van der Waals surface area contributed by atoms with Gasteiger partial charge in [0.1, 0.15) is 13.2 Å². The highest BCUT2D eigenvalue weighted by Gasteiger charge is 2.35. The molecule has 0 unspecified atom stereocenters. The maximum Gasteiger partial charge on any atom is 0.333 e. The van der Waals surface area contributed by atoms with Gasteiger partial charge in [-0.3, -0.25) is 9.59 Å². The Morgan fingerprint density at radius 1 is 1.10 bits per heavy atom. The molecule has 2 bridgehead atoms. The molecule has 1 aromatic rings. The molecule has 10 heteroatoms. The first-order valence-corrected chi connectivity index (χ1v) is 9.89. The number of fused-ring (bicyclic) bond motifs is 4. The van der Waals surface area contributed by atoms with Crippen molar-refractivity contribution < 1.29 is 39.2 Å². The average molecular weight is 422 g/mol. The SMILES string of the molecule is O=C(N[C@H]1CN2CCC1CC2)c1ccc2c(c1)OCCO2.O=C(O)C[C@H](O)C(=O)O. The fourth-order valence-electron chi connectivity index (χ4n) is 3.82. The number of aliphatic hydroxyl groups excluding tert-OH is 1. The first-order valence-electron chi connectivity index (χ1n) is 9.89. The Labute approximate surface area is 173 Å². The lowest BCUT2D eigenvalue weighted by Gasteiger charge is -2.44. The Morgan fingerprint density at radius 2 is 1.77 bits per heavy atom. The number of piperidine rings is 3. The summed E-state index contributed by atoms with van der Waals surface area (Å²) in [7, 11) is 0. The van der Waals surface area contributed by atoms with Crippen LogP contribution in [-0.2, 0) is 9.59 Å². The van der Waals surface area contributed by atoms with E-state index in [2.05, 4.69) is 10.2 Å². The van der Waals surface area contributed by atoms with Gasteiger partial charge in [0.25, 0.3) is 5.91 Å². The van der Waals surface area contributed by atoms with Crippen LogP contribution in [0.2, 0.25) is 0 Å². The molecule has 3 fully saturated rings. The summed E-state index contributed by atoms with van der Waals surface area (Å²) in [5.41, 5.74) is 0.649. The largest absolute Gasteiger partial charge is 0.486 e. The number of hydrogen-bond acceptors (Lipinski definition) is 7. The van der Waals surface area contributed by atoms with Crippen LogP contribution >= 0.6 is 0 Å². The van der Waals surface area contributed by atoms with E-state index in [1.165, 1.54) is 25.9 Å². The minimum Gasteiger partial charge on any atom is -0.486 e. The number of carboxylic acid groups (broad SMARTS) is 2. The van der Waals surface area contributed by atoms with E-state index in [0.29, 0.717) is 30.4 Å². The van der Waals surface area contributed by atoms with Crippen molar-refractivity contribution in [2.75, 3.05) is 32.8 Å². The van der Waals surface area contributed by atoms with Gasteiger partial charge in [0.15, 0.2) is 17.6 Å². The molecule has 1 aromatic carbocycles. The van der Waals surface area contributed by atoms with Gasteiger partial charge in [0.05, 0.1) is 6.42 Å². The fourth-order valence-corrected chi connectivity index (χ4v) is 3.82. The molecule has 4 heterocycles. The lowest BCUT2D eigenvalue weighted by molar-refractivity contribution is -0.152. The van der Waals surface area contributed by atoms with Gasteiger partial charge >= 0.3 is 11.9 Å². The zero-order valence-electron chi connectivity index (χ0n) is 16.5. The van der Waals surface area contributed by atoms with Crippen molar-refractivity contribution in [3.05, 3.63) is 23.8 Å². The second-order valence-electron chi connectivity index (χ2n) is 7.53. The van der Waals surface area contributed by atoms with Crippen LogP contribution in [0.4, 0.5) is 0 Å². The van der Waals surface area contributed by atoms with Gasteiger partial charge in [-0.15, -0.1) is 0 Å². The van der Waals surface area contributed by atoms with E-state index in [4.69, 9.17) is 24.8 Å². The average Bonchev–Trinajstić information content (AvgIpc) is 2.74. The van der Waals surface area contributed by atoms with Crippen molar-refractivity contribution in [1.82, 2.24) is 10.2 Å². The number of carboxylic acids is 2. The summed E-state index contributed by atoms with van der Waals surface area (Å²) in [6.07, 6.45) is -0.143. The van der Waals surface area contributed by atoms with E-state index in [1.807, 2.05) is 12.1 Å². The molecule has 1 amide bonds. The van der Waals surface area contributed by atoms with Crippen LogP contribution in [0, 0.1) is 5.92 Å². The van der Waals surface area contributed by atoms with Gasteiger partial charge in [-0.1, -0.05) is 0 Å². The van der Waals surface area contributed by atoms with E-state index in [-0.39, 0.29) is 11.9 Å². The van der Waals surface area contributed by atoms with E-state index in [9.17, 15) is 14.4 Å². The number of aliphatic hydroxyl groups is 1. The van der Waals surface area contributed by atoms with Crippen LogP contribution < -0.4 is 14.8 Å². The molecular formula is C20H26N2O8. The second kappa shape index (κ2) is 9.77. The lowest BCUT2D eigenvalue weighted by atomic mass is 9.84. The van der Waals surface area contributed by atoms with Gasteiger partial charge in [-0.2, -0.15) is 0 Å². The van der Waals surface area contributed by atoms with E-state index < -0.39 is 24.5 Å². The number of benzene rings is 1. The van der Waals surface area contributed by atoms with Crippen LogP contribution in [0.15, 0.2) is 18.2 Å². The smallest absolute Gasteiger partial charge is 0.333 e. The van der Waals surface area contributed by atoms with E-state index in [0.717, 1.165) is 12.3 Å². The van der Waals surface area contributed by atoms with Gasteiger partial charge < -0.3 is 35.0 Å². The Morgan fingerprint density at radius 3 is 2.30 bits per heavy atom. The number of hydrogen-bond donors (Lipinski definition) is 4. The third-order valence-corrected chi connectivity index (χ3v) is 5.43. The third-order valence-electron chi connectivity index (χ3n) is 5.43. The predicted octanol–water partition coefficient (Wildman–Crippen LogP) is 0.188. The van der Waals surface area contributed by atoms with Gasteiger partial charge in [0, 0.05) is 18.2 Å². The molecule has 2 atom stereocenters. The second-order valence-corrected chi connectivity index (χ2v) is 7.53. The molecule has 10 nitrogen and oxygen atoms in total. The number of carbonyl (C=O) groups excluding carboxylic acids is 1. The zero-order chi connectivity index (χ0) is 21.7. The minimum absolute atomic E-state index is 0.00859. The predicted molar refractivity (Wildman–Crippen MR) is 104 cm³/mol. The molecule has 0 saturated carbocycles. The van der Waals surface area contributed by atoms with Gasteiger partial charge in [-0.25, -0.2) is 4.79 Å². The number of nitrogens with one attached hydrogen (secondary N) is 1. The molecule has 0 radical (unpaired) electrons. The highest BCUT2D eigenvalue weighted by molar-refractivity contribution is 5.95. The quantitative estimate of drug-likeness (QED) is 0.522. The highest BCUT2D eigenvalue weighted by Crippen LogP contribution is 2.31. The molecule has 30 heavy (non-hydrogen) atoms. The molecule has 5 rings (SSSR count). The number of amides is 1. The summed E-state index contributed by atoms with van der Waals surface area (Å²) in [5, 5.41) is 27.3. The van der Waals surface area contributed by atoms with Crippen molar-refractivity contribution in [2.45, 2.75) is 31.4 Å². The fraction of sp³-hybridized carbons (Fsp3) is 0.550. The lowest BCUT2D eigenvalue weighted by Crippen LogP contribution is -2.57. The van der Waals surface area contributed by atoms with Crippen LogP contribution in [-0.4, -0.2) is 83.1 Å². The number of carbonyl (C=O) groups is 3. The van der Waals surface area contributed by atoms with Crippen molar-refractivity contribution >= 4 is 17.8 Å². The van der Waals surface area contributed by atoms with Crippen molar-refractivity contribution in [1.29, 1.82) is 0 Å². The summed E-state index contributed by atoms with van der Waals surface area (Å²) >= 11 is 0. The molecular weight excluding hydrogens is 396 g/mol. The summed E-state index contributed by atoms with van der Waals surface area (Å²) in [6, 6.07) is 5.70. The van der Waals surface area contributed by atoms with Crippen molar-refractivity contribution in [2.24, 2.45) is 5.92 Å². The van der Waals surface area contributed by atoms with Crippen molar-refractivity contribution in [3.8, 4) is 11.5 Å². The topological polar surface area (TPSA) is 146 Å². The first kappa shape index (κ1) is 21.8. The molecule has 0 aromatic heterocycles. The standard InChI is InChI=1S/C16H20N2O3.C4H6O5/c19-16(17-13-10-18-5-3-11(13)4-6-18)12-1-2-14-15(9-12)21-8-7-20-14;5-2(4(8)9)1-3(6)7/h1-2,9,11,13H,3-8,10H2,(H,17,19);2,5H,1H2,(H,6,7)(H,8,9)/t13-;2-/m00/s1. The maximum absolute atomic E-state index is 12.4. The number of aliphatic carboxylic acids is 2. The van der Waals surface area contributed by atoms with Gasteiger partial charge in [-0.05, 0) is 50.0 Å². The number of rotatable bonds is 5. The Bertz CT molecular complexity index is 791. The minimum atomic E-state index is -1.79. The number of ether oxygens (including phenoxy) is 2.